The summed E-state index contributed by atoms with van der Waals surface area (Å²) in [5.74, 6) is -0.725. The molecule has 0 fully saturated rings. The Balaban J connectivity index is 1.89. The highest BCUT2D eigenvalue weighted by atomic mass is 32.2. The van der Waals surface area contributed by atoms with Gasteiger partial charge in [-0.05, 0) is 48.7 Å². The summed E-state index contributed by atoms with van der Waals surface area (Å²) in [4.78, 5) is 4.07. The molecule has 0 saturated carbocycles. The van der Waals surface area contributed by atoms with E-state index in [1.165, 1.54) is 11.6 Å². The summed E-state index contributed by atoms with van der Waals surface area (Å²) in [6.45, 7) is 5.89. The van der Waals surface area contributed by atoms with Crippen LogP contribution in [0.25, 0.3) is 0 Å². The molecule has 1 heterocycles. The van der Waals surface area contributed by atoms with E-state index in [4.69, 9.17) is 12.2 Å². The lowest BCUT2D eigenvalue weighted by Gasteiger charge is -2.13. The molecule has 0 aliphatic rings. The minimum atomic E-state index is -3.46. The van der Waals surface area contributed by atoms with Crippen molar-refractivity contribution in [2.24, 2.45) is 0 Å². The van der Waals surface area contributed by atoms with Crippen LogP contribution in [0, 0.1) is 19.7 Å². The number of thiocarbonyl (C=S) groups is 1. The number of sulfonamides is 1. The maximum atomic E-state index is 14.7. The molecule has 7 heteroatoms. The average Bonchev–Trinajstić information content (AvgIpc) is 3.02. The fourth-order valence-corrected chi connectivity index (χ4v) is 4.13. The molecule has 29 heavy (non-hydrogen) atoms. The van der Waals surface area contributed by atoms with E-state index in [9.17, 15) is 12.8 Å². The molecular weight excluding hydrogens is 407 g/mol. The smallest absolute Gasteiger partial charge is 0.229 e. The first-order valence-electron chi connectivity index (χ1n) is 9.13. The molecule has 0 spiro atoms. The number of benzene rings is 2. The van der Waals surface area contributed by atoms with Crippen LogP contribution in [0.15, 0.2) is 48.5 Å². The van der Waals surface area contributed by atoms with Gasteiger partial charge in [0, 0.05) is 11.6 Å². The maximum absolute atomic E-state index is 14.7. The van der Waals surface area contributed by atoms with E-state index in [-0.39, 0.29) is 11.6 Å². The van der Waals surface area contributed by atoms with Crippen LogP contribution in [-0.2, 0) is 10.0 Å². The minimum absolute atomic E-state index is 0.199. The summed E-state index contributed by atoms with van der Waals surface area (Å²) < 4.78 is 39.6. The van der Waals surface area contributed by atoms with Gasteiger partial charge >= 0.3 is 0 Å². The first kappa shape index (κ1) is 21.2. The van der Waals surface area contributed by atoms with E-state index in [1.54, 1.807) is 12.1 Å². The second-order valence-corrected chi connectivity index (χ2v) is 9.47. The molecular formula is C22H23FN2O2S2. The van der Waals surface area contributed by atoms with Gasteiger partial charge in [-0.1, -0.05) is 55.0 Å². The van der Waals surface area contributed by atoms with Crippen LogP contribution < -0.4 is 4.72 Å². The van der Waals surface area contributed by atoms with Crippen molar-refractivity contribution in [1.29, 1.82) is 0 Å². The standard InChI is InChI=1S/C22H23FN2O2S2/c1-13-5-7-16(8-6-13)22(28)21-14(2)11-20(24-21)15(3)18-10-9-17(12-19(18)23)25-29(4,26)27/h5-12,15,24-25H,1-4H3. The zero-order valence-corrected chi connectivity index (χ0v) is 18.3. The van der Waals surface area contributed by atoms with E-state index in [0.29, 0.717) is 10.4 Å². The number of anilines is 1. The van der Waals surface area contributed by atoms with Crippen molar-refractivity contribution in [1.82, 2.24) is 4.98 Å². The lowest BCUT2D eigenvalue weighted by atomic mass is 9.97. The number of rotatable bonds is 6. The van der Waals surface area contributed by atoms with Gasteiger partial charge in [0.15, 0.2) is 0 Å². The maximum Gasteiger partial charge on any atom is 0.229 e. The normalized spacial score (nSPS) is 12.6. The number of nitrogens with one attached hydrogen (secondary N) is 2. The Labute approximate surface area is 176 Å². The van der Waals surface area contributed by atoms with Gasteiger partial charge < -0.3 is 4.98 Å². The predicted octanol–water partition coefficient (Wildman–Crippen LogP) is 5.06. The molecule has 1 aromatic heterocycles. The van der Waals surface area contributed by atoms with Crippen LogP contribution in [0.1, 0.15) is 46.5 Å². The number of halogens is 1. The molecule has 0 bridgehead atoms. The summed E-state index contributed by atoms with van der Waals surface area (Å²) in [6.07, 6.45) is 1.03. The van der Waals surface area contributed by atoms with Gasteiger partial charge in [0.1, 0.15) is 5.82 Å². The SMILES string of the molecule is Cc1ccc(C(=S)c2[nH]c(C(C)c3ccc(NS(C)(=O)=O)cc3F)cc2C)cc1. The minimum Gasteiger partial charge on any atom is -0.357 e. The van der Waals surface area contributed by atoms with Gasteiger partial charge in [-0.25, -0.2) is 12.8 Å². The van der Waals surface area contributed by atoms with Crippen LogP contribution in [-0.4, -0.2) is 24.5 Å². The Morgan fingerprint density at radius 3 is 2.34 bits per heavy atom. The molecule has 4 nitrogen and oxygen atoms in total. The molecule has 1 atom stereocenters. The Bertz CT molecular complexity index is 1170. The van der Waals surface area contributed by atoms with Crippen molar-refractivity contribution in [2.75, 3.05) is 11.0 Å². The van der Waals surface area contributed by atoms with Crippen molar-refractivity contribution >= 4 is 32.8 Å². The summed E-state index contributed by atoms with van der Waals surface area (Å²) in [6, 6.07) is 14.4. The topological polar surface area (TPSA) is 62.0 Å². The molecule has 0 aliphatic heterocycles. The highest BCUT2D eigenvalue weighted by Gasteiger charge is 2.19. The number of hydrogen-bond donors (Lipinski definition) is 2. The number of H-pyrrole nitrogens is 1. The third-order valence-corrected chi connectivity index (χ3v) is 5.86. The summed E-state index contributed by atoms with van der Waals surface area (Å²) in [7, 11) is -3.46. The molecule has 0 radical (unpaired) electrons. The average molecular weight is 431 g/mol. The third-order valence-electron chi connectivity index (χ3n) is 4.81. The van der Waals surface area contributed by atoms with E-state index >= 15 is 0 Å². The van der Waals surface area contributed by atoms with Gasteiger partial charge in [-0.3, -0.25) is 4.72 Å². The number of aromatic nitrogens is 1. The molecule has 1 unspecified atom stereocenters. The molecule has 0 saturated heterocycles. The van der Waals surface area contributed by atoms with Gasteiger partial charge in [-0.2, -0.15) is 0 Å². The van der Waals surface area contributed by atoms with Crippen LogP contribution in [0.4, 0.5) is 10.1 Å². The zero-order valence-electron chi connectivity index (χ0n) is 16.7. The Hall–Kier alpha value is -2.51. The summed E-state index contributed by atoms with van der Waals surface area (Å²) >= 11 is 5.66. The van der Waals surface area contributed by atoms with E-state index in [0.717, 1.165) is 28.8 Å². The lowest BCUT2D eigenvalue weighted by molar-refractivity contribution is 0.601. The van der Waals surface area contributed by atoms with Gasteiger partial charge in [0.05, 0.1) is 22.5 Å². The molecule has 152 valence electrons. The first-order chi connectivity index (χ1) is 13.5. The van der Waals surface area contributed by atoms with Gasteiger partial charge in [0.25, 0.3) is 0 Å². The largest absolute Gasteiger partial charge is 0.357 e. The zero-order chi connectivity index (χ0) is 21.3. The molecule has 0 aliphatic carbocycles. The number of aryl methyl sites for hydroxylation is 2. The number of hydrogen-bond acceptors (Lipinski definition) is 3. The Morgan fingerprint density at radius 1 is 1.10 bits per heavy atom. The quantitative estimate of drug-likeness (QED) is 0.424. The van der Waals surface area contributed by atoms with Crippen molar-refractivity contribution in [3.63, 3.8) is 0 Å². The Morgan fingerprint density at radius 2 is 1.76 bits per heavy atom. The van der Waals surface area contributed by atoms with Gasteiger partial charge in [0.2, 0.25) is 10.0 Å². The van der Waals surface area contributed by atoms with Gasteiger partial charge in [-0.15, -0.1) is 0 Å². The molecule has 2 aromatic carbocycles. The fraction of sp³-hybridized carbons (Fsp3) is 0.227. The molecule has 0 amide bonds. The highest BCUT2D eigenvalue weighted by molar-refractivity contribution is 7.92. The third kappa shape index (κ3) is 4.92. The summed E-state index contributed by atoms with van der Waals surface area (Å²) in [5.41, 5.74) is 5.47. The monoisotopic (exact) mass is 430 g/mol. The lowest BCUT2D eigenvalue weighted by Crippen LogP contribution is -2.10. The summed E-state index contributed by atoms with van der Waals surface area (Å²) in [5, 5.41) is 0. The van der Waals surface area contributed by atoms with Crippen molar-refractivity contribution in [2.45, 2.75) is 26.7 Å². The van der Waals surface area contributed by atoms with E-state index < -0.39 is 15.8 Å². The molecule has 2 N–H and O–H groups in total. The van der Waals surface area contributed by atoms with Crippen LogP contribution >= 0.6 is 12.2 Å². The van der Waals surface area contributed by atoms with Crippen molar-refractivity contribution in [3.8, 4) is 0 Å². The van der Waals surface area contributed by atoms with E-state index in [1.807, 2.05) is 51.1 Å². The molecule has 3 rings (SSSR count). The van der Waals surface area contributed by atoms with Crippen molar-refractivity contribution in [3.05, 3.63) is 88.0 Å². The van der Waals surface area contributed by atoms with Crippen LogP contribution in [0.5, 0.6) is 0 Å². The van der Waals surface area contributed by atoms with Crippen LogP contribution in [0.3, 0.4) is 0 Å². The molecule has 3 aromatic rings. The van der Waals surface area contributed by atoms with Crippen LogP contribution in [0.2, 0.25) is 0 Å². The fourth-order valence-electron chi connectivity index (χ4n) is 3.23. The number of aromatic amines is 1. The first-order valence-corrected chi connectivity index (χ1v) is 11.4. The predicted molar refractivity (Wildman–Crippen MR) is 120 cm³/mol. The second kappa shape index (κ2) is 8.08. The second-order valence-electron chi connectivity index (χ2n) is 7.31. The Kier molecular flexibility index (Phi) is 5.91. The van der Waals surface area contributed by atoms with Crippen molar-refractivity contribution < 1.29 is 12.8 Å². The highest BCUT2D eigenvalue weighted by Crippen LogP contribution is 2.29. The van der Waals surface area contributed by atoms with E-state index in [2.05, 4.69) is 9.71 Å².